The molecule has 0 bridgehead atoms. The molecule has 0 unspecified atom stereocenters. The maximum atomic E-state index is 12.6. The molecule has 0 aromatic heterocycles. The Balaban J connectivity index is 1.28. The minimum absolute atomic E-state index is 0.0545. The molecule has 0 radical (unpaired) electrons. The smallest absolute Gasteiger partial charge is 0.387 e. The summed E-state index contributed by atoms with van der Waals surface area (Å²) in [6, 6.07) is 23.5. The normalized spacial score (nSPS) is 20.6. The summed E-state index contributed by atoms with van der Waals surface area (Å²) in [5, 5.41) is 7.25. The lowest BCUT2D eigenvalue weighted by atomic mass is 9.90. The molecule has 0 saturated carbocycles. The van der Waals surface area contributed by atoms with Gasteiger partial charge in [0.1, 0.15) is 11.5 Å². The standard InChI is InChI=1S/C28H26BrF2N3O2/c29-21-8-11-26-23(16-21)25-17-24(20-6-9-22(10-7-20)35-27(30)31)32-34(25)28(36-26)12-14-33(15-13-28)18-19-4-2-1-3-5-19/h1-11,16,25,27H,12-15,17-18H2/t25-/m1/s1. The van der Waals surface area contributed by atoms with E-state index in [1.807, 2.05) is 18.2 Å². The van der Waals surface area contributed by atoms with Crippen LogP contribution < -0.4 is 9.47 Å². The van der Waals surface area contributed by atoms with Gasteiger partial charge in [0.15, 0.2) is 0 Å². The van der Waals surface area contributed by atoms with Crippen LogP contribution >= 0.6 is 15.9 Å². The van der Waals surface area contributed by atoms with Gasteiger partial charge in [-0.2, -0.15) is 13.9 Å². The molecule has 186 valence electrons. The molecule has 1 atom stereocenters. The first-order valence-electron chi connectivity index (χ1n) is 12.2. The number of fused-ring (bicyclic) bond motifs is 4. The molecule has 1 fully saturated rings. The van der Waals surface area contributed by atoms with Gasteiger partial charge in [0, 0.05) is 48.9 Å². The van der Waals surface area contributed by atoms with Crippen molar-refractivity contribution in [3.63, 3.8) is 0 Å². The van der Waals surface area contributed by atoms with Crippen LogP contribution in [0.15, 0.2) is 82.4 Å². The fraction of sp³-hybridized carbons (Fsp3) is 0.321. The monoisotopic (exact) mass is 553 g/mol. The Morgan fingerprint density at radius 2 is 1.78 bits per heavy atom. The maximum absolute atomic E-state index is 12.6. The van der Waals surface area contributed by atoms with E-state index in [1.54, 1.807) is 24.3 Å². The number of hydrazone groups is 1. The van der Waals surface area contributed by atoms with Crippen LogP contribution in [-0.2, 0) is 6.54 Å². The summed E-state index contributed by atoms with van der Waals surface area (Å²) < 4.78 is 37.4. The zero-order chi connectivity index (χ0) is 24.7. The Morgan fingerprint density at radius 1 is 1.03 bits per heavy atom. The Morgan fingerprint density at radius 3 is 2.50 bits per heavy atom. The van der Waals surface area contributed by atoms with E-state index in [4.69, 9.17) is 9.84 Å². The summed E-state index contributed by atoms with van der Waals surface area (Å²) in [5.41, 5.74) is 3.73. The molecule has 36 heavy (non-hydrogen) atoms. The number of alkyl halides is 2. The fourth-order valence-corrected chi connectivity index (χ4v) is 5.87. The Hall–Kier alpha value is -2.97. The van der Waals surface area contributed by atoms with E-state index in [0.717, 1.165) is 66.0 Å². The van der Waals surface area contributed by atoms with Crippen molar-refractivity contribution in [1.82, 2.24) is 9.91 Å². The van der Waals surface area contributed by atoms with Crippen molar-refractivity contribution in [3.05, 3.63) is 94.0 Å². The molecule has 0 amide bonds. The van der Waals surface area contributed by atoms with E-state index >= 15 is 0 Å². The second-order valence-electron chi connectivity index (χ2n) is 9.51. The van der Waals surface area contributed by atoms with E-state index in [2.05, 4.69) is 60.9 Å². The van der Waals surface area contributed by atoms with E-state index in [9.17, 15) is 8.78 Å². The number of ether oxygens (including phenoxy) is 2. The fourth-order valence-electron chi connectivity index (χ4n) is 5.49. The van der Waals surface area contributed by atoms with Crippen LogP contribution in [0.1, 0.15) is 42.0 Å². The lowest BCUT2D eigenvalue weighted by Crippen LogP contribution is -2.59. The first-order chi connectivity index (χ1) is 17.5. The van der Waals surface area contributed by atoms with Crippen molar-refractivity contribution >= 4 is 21.6 Å². The zero-order valence-corrected chi connectivity index (χ0v) is 21.2. The van der Waals surface area contributed by atoms with Crippen LogP contribution in [0, 0.1) is 0 Å². The number of halogens is 3. The highest BCUT2D eigenvalue weighted by Crippen LogP contribution is 2.50. The van der Waals surface area contributed by atoms with Gasteiger partial charge < -0.3 is 9.47 Å². The molecule has 0 aliphatic carbocycles. The molecule has 8 heteroatoms. The van der Waals surface area contributed by atoms with Crippen molar-refractivity contribution in [3.8, 4) is 11.5 Å². The Bertz CT molecular complexity index is 1260. The van der Waals surface area contributed by atoms with Crippen LogP contribution in [0.25, 0.3) is 0 Å². The predicted octanol–water partition coefficient (Wildman–Crippen LogP) is 6.59. The predicted molar refractivity (Wildman–Crippen MR) is 137 cm³/mol. The van der Waals surface area contributed by atoms with Gasteiger partial charge in [0.05, 0.1) is 11.8 Å². The van der Waals surface area contributed by atoms with Gasteiger partial charge >= 0.3 is 6.61 Å². The van der Waals surface area contributed by atoms with Gasteiger partial charge in [-0.05, 0) is 53.6 Å². The van der Waals surface area contributed by atoms with E-state index in [1.165, 1.54) is 5.56 Å². The third kappa shape index (κ3) is 4.48. The second-order valence-corrected chi connectivity index (χ2v) is 10.4. The minimum Gasteiger partial charge on any atom is -0.466 e. The molecule has 3 aliphatic rings. The third-order valence-electron chi connectivity index (χ3n) is 7.26. The van der Waals surface area contributed by atoms with Crippen molar-refractivity contribution in [2.75, 3.05) is 13.1 Å². The van der Waals surface area contributed by atoms with Gasteiger partial charge in [-0.15, -0.1) is 0 Å². The van der Waals surface area contributed by atoms with Crippen LogP contribution in [0.4, 0.5) is 8.78 Å². The average molecular weight is 554 g/mol. The minimum atomic E-state index is -2.84. The van der Waals surface area contributed by atoms with Gasteiger partial charge in [-0.1, -0.05) is 46.3 Å². The number of likely N-dealkylation sites (tertiary alicyclic amines) is 1. The third-order valence-corrected chi connectivity index (χ3v) is 7.75. The molecule has 1 spiro atoms. The SMILES string of the molecule is FC(F)Oc1ccc(C2=NN3[C@H](C2)c2cc(Br)ccc2OC32CCN(Cc3ccccc3)CC2)cc1. The number of piperidine rings is 1. The molecular formula is C28H26BrF2N3O2. The highest BCUT2D eigenvalue weighted by molar-refractivity contribution is 9.10. The molecule has 3 heterocycles. The van der Waals surface area contributed by atoms with Crippen molar-refractivity contribution in [2.45, 2.75) is 44.2 Å². The quantitative estimate of drug-likeness (QED) is 0.357. The molecule has 6 rings (SSSR count). The molecule has 3 aliphatic heterocycles. The number of nitrogens with zero attached hydrogens (tertiary/aromatic N) is 3. The second kappa shape index (κ2) is 9.48. The number of benzene rings is 3. The molecule has 3 aromatic rings. The lowest BCUT2D eigenvalue weighted by Gasteiger charge is -2.51. The Labute approximate surface area is 217 Å². The van der Waals surface area contributed by atoms with Crippen LogP contribution in [0.5, 0.6) is 11.5 Å². The van der Waals surface area contributed by atoms with Gasteiger partial charge in [0.2, 0.25) is 5.72 Å². The summed E-state index contributed by atoms with van der Waals surface area (Å²) in [7, 11) is 0. The van der Waals surface area contributed by atoms with Crippen LogP contribution in [0.2, 0.25) is 0 Å². The number of rotatable bonds is 5. The van der Waals surface area contributed by atoms with E-state index in [-0.39, 0.29) is 11.8 Å². The van der Waals surface area contributed by atoms with E-state index < -0.39 is 12.3 Å². The van der Waals surface area contributed by atoms with Crippen molar-refractivity contribution < 1.29 is 18.3 Å². The lowest BCUT2D eigenvalue weighted by molar-refractivity contribution is -0.150. The van der Waals surface area contributed by atoms with Gasteiger partial charge in [0.25, 0.3) is 0 Å². The topological polar surface area (TPSA) is 37.3 Å². The first kappa shape index (κ1) is 23.4. The van der Waals surface area contributed by atoms with Gasteiger partial charge in [-0.3, -0.25) is 4.90 Å². The molecular weight excluding hydrogens is 528 g/mol. The Kier molecular flexibility index (Phi) is 6.17. The summed E-state index contributed by atoms with van der Waals surface area (Å²) in [6.45, 7) is -0.0950. The molecule has 3 aromatic carbocycles. The van der Waals surface area contributed by atoms with E-state index in [0.29, 0.717) is 0 Å². The maximum Gasteiger partial charge on any atom is 0.387 e. The highest BCUT2D eigenvalue weighted by atomic mass is 79.9. The molecule has 0 N–H and O–H groups in total. The van der Waals surface area contributed by atoms with Crippen molar-refractivity contribution in [2.24, 2.45) is 5.10 Å². The summed E-state index contributed by atoms with van der Waals surface area (Å²) in [4.78, 5) is 2.47. The molecule has 5 nitrogen and oxygen atoms in total. The number of hydrogen-bond acceptors (Lipinski definition) is 5. The summed E-state index contributed by atoms with van der Waals surface area (Å²) in [6.07, 6.45) is 2.39. The first-order valence-corrected chi connectivity index (χ1v) is 13.0. The van der Waals surface area contributed by atoms with Crippen molar-refractivity contribution in [1.29, 1.82) is 0 Å². The largest absolute Gasteiger partial charge is 0.466 e. The highest BCUT2D eigenvalue weighted by Gasteiger charge is 2.51. The van der Waals surface area contributed by atoms with Crippen LogP contribution in [-0.4, -0.2) is 41.0 Å². The molecule has 1 saturated heterocycles. The number of hydrogen-bond donors (Lipinski definition) is 0. The summed E-state index contributed by atoms with van der Waals surface area (Å²) >= 11 is 3.61. The average Bonchev–Trinajstić information content (AvgIpc) is 3.34. The van der Waals surface area contributed by atoms with Gasteiger partial charge in [-0.25, -0.2) is 5.01 Å². The van der Waals surface area contributed by atoms with Crippen LogP contribution in [0.3, 0.4) is 0 Å². The zero-order valence-electron chi connectivity index (χ0n) is 19.6. The summed E-state index contributed by atoms with van der Waals surface area (Å²) in [5.74, 6) is 1.05.